The van der Waals surface area contributed by atoms with Gasteiger partial charge < -0.3 is 0 Å². The van der Waals surface area contributed by atoms with E-state index >= 15 is 0 Å². The Hall–Kier alpha value is -1.36. The molecule has 0 aliphatic carbocycles. The first kappa shape index (κ1) is 16.0. The van der Waals surface area contributed by atoms with Crippen LogP contribution in [0.1, 0.15) is 19.4 Å². The first-order valence-electron chi connectivity index (χ1n) is 6.72. The predicted octanol–water partition coefficient (Wildman–Crippen LogP) is 3.94. The summed E-state index contributed by atoms with van der Waals surface area (Å²) >= 11 is 5.97. The maximum atomic E-state index is 12.8. The Morgan fingerprint density at radius 1 is 1.05 bits per heavy atom. The van der Waals surface area contributed by atoms with Crippen molar-refractivity contribution >= 4 is 21.6 Å². The summed E-state index contributed by atoms with van der Waals surface area (Å²) in [6, 6.07) is 15.6. The Bertz CT molecular complexity index is 699. The van der Waals surface area contributed by atoms with E-state index in [1.807, 2.05) is 26.0 Å². The topological polar surface area (TPSA) is 37.4 Å². The zero-order valence-corrected chi connectivity index (χ0v) is 13.6. The van der Waals surface area contributed by atoms with Gasteiger partial charge in [-0.05, 0) is 43.7 Å². The summed E-state index contributed by atoms with van der Waals surface area (Å²) in [4.78, 5) is 0.306. The normalized spacial score (nSPS) is 12.0. The van der Waals surface area contributed by atoms with Crippen molar-refractivity contribution in [2.75, 3.05) is 0 Å². The highest BCUT2D eigenvalue weighted by atomic mass is 35.5. The molecule has 0 aliphatic rings. The van der Waals surface area contributed by atoms with Crippen LogP contribution in [0, 0.1) is 0 Å². The fourth-order valence-corrected chi connectivity index (χ4v) is 3.95. The number of nitrogens with zero attached hydrogens (tertiary/aromatic N) is 1. The third-order valence-corrected chi connectivity index (χ3v) is 5.42. The van der Waals surface area contributed by atoms with Crippen LogP contribution in [-0.2, 0) is 16.6 Å². The maximum absolute atomic E-state index is 12.8. The smallest absolute Gasteiger partial charge is 0.207 e. The van der Waals surface area contributed by atoms with Gasteiger partial charge in [0, 0.05) is 17.6 Å². The molecule has 0 heterocycles. The van der Waals surface area contributed by atoms with Crippen LogP contribution in [0.4, 0.5) is 0 Å². The highest BCUT2D eigenvalue weighted by Crippen LogP contribution is 2.22. The molecular weight excluding hydrogens is 306 g/mol. The minimum Gasteiger partial charge on any atom is -0.207 e. The van der Waals surface area contributed by atoms with E-state index in [9.17, 15) is 8.42 Å². The molecule has 0 atom stereocenters. The second kappa shape index (κ2) is 6.60. The van der Waals surface area contributed by atoms with E-state index in [2.05, 4.69) is 0 Å². The lowest BCUT2D eigenvalue weighted by Crippen LogP contribution is -2.36. The monoisotopic (exact) mass is 323 g/mol. The molecule has 112 valence electrons. The number of benzene rings is 2. The lowest BCUT2D eigenvalue weighted by Gasteiger charge is -2.26. The van der Waals surface area contributed by atoms with Gasteiger partial charge in [-0.2, -0.15) is 4.31 Å². The van der Waals surface area contributed by atoms with Crippen LogP contribution < -0.4 is 0 Å². The molecule has 0 bridgehead atoms. The molecule has 0 saturated heterocycles. The quantitative estimate of drug-likeness (QED) is 0.835. The second-order valence-corrected chi connectivity index (χ2v) is 7.41. The van der Waals surface area contributed by atoms with Gasteiger partial charge in [0.25, 0.3) is 0 Å². The summed E-state index contributed by atoms with van der Waals surface area (Å²) < 4.78 is 27.0. The third kappa shape index (κ3) is 3.84. The fraction of sp³-hybridized carbons (Fsp3) is 0.250. The number of rotatable bonds is 5. The largest absolute Gasteiger partial charge is 0.243 e. The van der Waals surface area contributed by atoms with E-state index in [1.54, 1.807) is 42.5 Å². The van der Waals surface area contributed by atoms with Crippen molar-refractivity contribution in [3.63, 3.8) is 0 Å². The maximum Gasteiger partial charge on any atom is 0.243 e. The minimum atomic E-state index is -3.52. The lowest BCUT2D eigenvalue weighted by atomic mass is 10.2. The lowest BCUT2D eigenvalue weighted by molar-refractivity contribution is 0.348. The molecule has 0 unspecified atom stereocenters. The molecule has 5 heteroatoms. The van der Waals surface area contributed by atoms with Gasteiger partial charge in [0.2, 0.25) is 10.0 Å². The van der Waals surface area contributed by atoms with E-state index < -0.39 is 10.0 Å². The number of hydrogen-bond acceptors (Lipinski definition) is 2. The van der Waals surface area contributed by atoms with E-state index in [4.69, 9.17) is 11.6 Å². The van der Waals surface area contributed by atoms with Crippen molar-refractivity contribution in [3.05, 3.63) is 65.2 Å². The van der Waals surface area contributed by atoms with E-state index in [1.165, 1.54) is 4.31 Å². The van der Waals surface area contributed by atoms with Crippen molar-refractivity contribution in [2.24, 2.45) is 0 Å². The van der Waals surface area contributed by atoms with Crippen molar-refractivity contribution in [1.82, 2.24) is 4.31 Å². The van der Waals surface area contributed by atoms with E-state index in [-0.39, 0.29) is 6.04 Å². The fourth-order valence-electron chi connectivity index (χ4n) is 2.09. The van der Waals surface area contributed by atoms with Crippen molar-refractivity contribution in [3.8, 4) is 0 Å². The van der Waals surface area contributed by atoms with Gasteiger partial charge in [0.15, 0.2) is 0 Å². The third-order valence-electron chi connectivity index (χ3n) is 3.15. The SMILES string of the molecule is CC(C)N(Cc1cccc(Cl)c1)S(=O)(=O)c1ccccc1. The molecule has 0 N–H and O–H groups in total. The molecule has 0 radical (unpaired) electrons. The Balaban J connectivity index is 2.36. The standard InChI is InChI=1S/C16H18ClNO2S/c1-13(2)18(12-14-7-6-8-15(17)11-14)21(19,20)16-9-4-3-5-10-16/h3-11,13H,12H2,1-2H3. The zero-order chi connectivity index (χ0) is 15.5. The van der Waals surface area contributed by atoms with Gasteiger partial charge in [0.05, 0.1) is 4.90 Å². The Morgan fingerprint density at radius 3 is 2.29 bits per heavy atom. The van der Waals surface area contributed by atoms with Gasteiger partial charge in [-0.3, -0.25) is 0 Å². The molecule has 2 rings (SSSR count). The van der Waals surface area contributed by atoms with Crippen molar-refractivity contribution < 1.29 is 8.42 Å². The van der Waals surface area contributed by atoms with Crippen LogP contribution in [0.25, 0.3) is 0 Å². The average molecular weight is 324 g/mol. The summed E-state index contributed by atoms with van der Waals surface area (Å²) in [5.74, 6) is 0. The summed E-state index contributed by atoms with van der Waals surface area (Å²) in [5, 5.41) is 0.605. The Labute approximate surface area is 131 Å². The van der Waals surface area contributed by atoms with Gasteiger partial charge >= 0.3 is 0 Å². The van der Waals surface area contributed by atoms with E-state index in [0.717, 1.165) is 5.56 Å². The summed E-state index contributed by atoms with van der Waals surface area (Å²) in [7, 11) is -3.52. The number of halogens is 1. The van der Waals surface area contributed by atoms with Crippen LogP contribution in [0.15, 0.2) is 59.5 Å². The molecule has 2 aromatic rings. The van der Waals surface area contributed by atoms with Crippen LogP contribution >= 0.6 is 11.6 Å². The van der Waals surface area contributed by atoms with Gasteiger partial charge in [0.1, 0.15) is 0 Å². The second-order valence-electron chi connectivity index (χ2n) is 5.09. The molecule has 0 aliphatic heterocycles. The van der Waals surface area contributed by atoms with Gasteiger partial charge in [-0.15, -0.1) is 0 Å². The van der Waals surface area contributed by atoms with Crippen LogP contribution in [0.3, 0.4) is 0 Å². The molecule has 2 aromatic carbocycles. The molecule has 0 saturated carbocycles. The van der Waals surface area contributed by atoms with Crippen LogP contribution in [0.5, 0.6) is 0 Å². The highest BCUT2D eigenvalue weighted by Gasteiger charge is 2.26. The molecule has 21 heavy (non-hydrogen) atoms. The Kier molecular flexibility index (Phi) is 5.04. The molecule has 0 fully saturated rings. The number of hydrogen-bond donors (Lipinski definition) is 0. The Morgan fingerprint density at radius 2 is 1.71 bits per heavy atom. The van der Waals surface area contributed by atoms with Crippen LogP contribution in [0.2, 0.25) is 5.02 Å². The molecular formula is C16H18ClNO2S. The first-order valence-corrected chi connectivity index (χ1v) is 8.54. The number of sulfonamides is 1. The highest BCUT2D eigenvalue weighted by molar-refractivity contribution is 7.89. The van der Waals surface area contributed by atoms with E-state index in [0.29, 0.717) is 16.5 Å². The first-order chi connectivity index (χ1) is 9.91. The molecule has 0 spiro atoms. The average Bonchev–Trinajstić information content (AvgIpc) is 2.45. The molecule has 0 amide bonds. The van der Waals surface area contributed by atoms with Crippen molar-refractivity contribution in [2.45, 2.75) is 31.3 Å². The summed E-state index contributed by atoms with van der Waals surface area (Å²) in [6.07, 6.45) is 0. The van der Waals surface area contributed by atoms with Gasteiger partial charge in [-0.25, -0.2) is 8.42 Å². The van der Waals surface area contributed by atoms with Crippen molar-refractivity contribution in [1.29, 1.82) is 0 Å². The summed E-state index contributed by atoms with van der Waals surface area (Å²) in [5.41, 5.74) is 0.871. The molecule has 3 nitrogen and oxygen atoms in total. The molecule has 0 aromatic heterocycles. The summed E-state index contributed by atoms with van der Waals surface area (Å²) in [6.45, 7) is 4.03. The minimum absolute atomic E-state index is 0.144. The predicted molar refractivity (Wildman–Crippen MR) is 85.8 cm³/mol. The van der Waals surface area contributed by atoms with Gasteiger partial charge in [-0.1, -0.05) is 41.9 Å². The zero-order valence-electron chi connectivity index (χ0n) is 12.0. The van der Waals surface area contributed by atoms with Crippen LogP contribution in [-0.4, -0.2) is 18.8 Å².